The van der Waals surface area contributed by atoms with E-state index in [1.807, 2.05) is 0 Å². The Balaban J connectivity index is 1.82. The van der Waals surface area contributed by atoms with Crippen LogP contribution in [0, 0.1) is 0 Å². The number of halogens is 3. The van der Waals surface area contributed by atoms with Crippen molar-refractivity contribution in [2.45, 2.75) is 37.9 Å². The van der Waals surface area contributed by atoms with Gasteiger partial charge in [0.1, 0.15) is 12.4 Å². The molecule has 2 amide bonds. The van der Waals surface area contributed by atoms with Crippen LogP contribution in [0.5, 0.6) is 0 Å². The van der Waals surface area contributed by atoms with E-state index < -0.39 is 18.8 Å². The van der Waals surface area contributed by atoms with E-state index in [1.54, 1.807) is 16.9 Å². The molecule has 1 aliphatic rings. The zero-order valence-corrected chi connectivity index (χ0v) is 11.0. The lowest BCUT2D eigenvalue weighted by Gasteiger charge is -2.24. The standard InChI is InChI=1S/C11H16F3N5O/c1-19-8(17-18-9(19)7-3-2-4-7)5-15-10(20)16-6-11(12,13)14/h7H,2-6H2,1H3,(H2,15,16,20). The molecule has 0 aromatic carbocycles. The van der Waals surface area contributed by atoms with Crippen molar-refractivity contribution >= 4 is 6.03 Å². The van der Waals surface area contributed by atoms with Gasteiger partial charge in [0, 0.05) is 13.0 Å². The quantitative estimate of drug-likeness (QED) is 0.882. The third-order valence-corrected chi connectivity index (χ3v) is 3.33. The van der Waals surface area contributed by atoms with Gasteiger partial charge in [0.25, 0.3) is 0 Å². The lowest BCUT2D eigenvalue weighted by atomic mass is 9.85. The third kappa shape index (κ3) is 3.61. The minimum Gasteiger partial charge on any atom is -0.331 e. The molecule has 20 heavy (non-hydrogen) atoms. The van der Waals surface area contributed by atoms with Crippen LogP contribution in [-0.2, 0) is 13.6 Å². The lowest BCUT2D eigenvalue weighted by molar-refractivity contribution is -0.122. The number of alkyl halides is 3. The van der Waals surface area contributed by atoms with Crippen LogP contribution >= 0.6 is 0 Å². The van der Waals surface area contributed by atoms with Crippen molar-refractivity contribution in [3.8, 4) is 0 Å². The molecule has 1 aromatic heterocycles. The summed E-state index contributed by atoms with van der Waals surface area (Å²) in [6.45, 7) is -1.31. The van der Waals surface area contributed by atoms with Crippen LogP contribution in [0.25, 0.3) is 0 Å². The Bertz CT molecular complexity index is 481. The average molecular weight is 291 g/mol. The maximum atomic E-state index is 11.9. The summed E-state index contributed by atoms with van der Waals surface area (Å²) in [5.74, 6) is 1.79. The average Bonchev–Trinajstić information content (AvgIpc) is 2.63. The molecule has 1 fully saturated rings. The summed E-state index contributed by atoms with van der Waals surface area (Å²) in [5, 5.41) is 12.1. The summed E-state index contributed by atoms with van der Waals surface area (Å²) >= 11 is 0. The monoisotopic (exact) mass is 291 g/mol. The molecule has 1 aromatic rings. The summed E-state index contributed by atoms with van der Waals surface area (Å²) in [6.07, 6.45) is -1.10. The minimum atomic E-state index is -4.42. The lowest BCUT2D eigenvalue weighted by Crippen LogP contribution is -2.40. The third-order valence-electron chi connectivity index (χ3n) is 3.33. The second-order valence-electron chi connectivity index (χ2n) is 4.81. The molecule has 1 saturated carbocycles. The number of amides is 2. The molecule has 6 nitrogen and oxygen atoms in total. The summed E-state index contributed by atoms with van der Waals surface area (Å²) in [5.41, 5.74) is 0. The van der Waals surface area contributed by atoms with Gasteiger partial charge in [0.2, 0.25) is 0 Å². The highest BCUT2D eigenvalue weighted by atomic mass is 19.4. The van der Waals surface area contributed by atoms with Crippen LogP contribution in [0.3, 0.4) is 0 Å². The Morgan fingerprint density at radius 3 is 2.60 bits per heavy atom. The minimum absolute atomic E-state index is 0.0416. The fourth-order valence-corrected chi connectivity index (χ4v) is 1.95. The highest BCUT2D eigenvalue weighted by Gasteiger charge is 2.28. The second-order valence-corrected chi connectivity index (χ2v) is 4.81. The summed E-state index contributed by atoms with van der Waals surface area (Å²) in [7, 11) is 1.79. The van der Waals surface area contributed by atoms with Gasteiger partial charge in [-0.15, -0.1) is 10.2 Å². The number of hydrogen-bond acceptors (Lipinski definition) is 3. The van der Waals surface area contributed by atoms with Crippen molar-refractivity contribution < 1.29 is 18.0 Å². The van der Waals surface area contributed by atoms with Crippen LogP contribution < -0.4 is 10.6 Å². The predicted octanol–water partition coefficient (Wildman–Crippen LogP) is 1.44. The first-order valence-electron chi connectivity index (χ1n) is 6.33. The fraction of sp³-hybridized carbons (Fsp3) is 0.727. The number of nitrogens with zero attached hydrogens (tertiary/aromatic N) is 3. The van der Waals surface area contributed by atoms with E-state index in [2.05, 4.69) is 15.5 Å². The Morgan fingerprint density at radius 2 is 2.05 bits per heavy atom. The SMILES string of the molecule is Cn1c(CNC(=O)NCC(F)(F)F)nnc1C1CCC1. The first-order chi connectivity index (χ1) is 9.37. The van der Waals surface area contributed by atoms with E-state index in [4.69, 9.17) is 0 Å². The molecule has 0 aliphatic heterocycles. The van der Waals surface area contributed by atoms with Gasteiger partial charge in [-0.1, -0.05) is 6.42 Å². The number of rotatable bonds is 4. The molecule has 0 spiro atoms. The molecule has 0 saturated heterocycles. The Morgan fingerprint density at radius 1 is 1.35 bits per heavy atom. The number of carbonyl (C=O) groups is 1. The summed E-state index contributed by atoms with van der Waals surface area (Å²) < 4.78 is 37.5. The van der Waals surface area contributed by atoms with E-state index in [0.29, 0.717) is 11.7 Å². The zero-order chi connectivity index (χ0) is 14.8. The molecule has 1 aliphatic carbocycles. The zero-order valence-electron chi connectivity index (χ0n) is 11.0. The van der Waals surface area contributed by atoms with Crippen LogP contribution in [0.2, 0.25) is 0 Å². The number of carbonyl (C=O) groups excluding carboxylic acids is 1. The molecule has 2 rings (SSSR count). The molecule has 0 bridgehead atoms. The molecule has 0 radical (unpaired) electrons. The largest absolute Gasteiger partial charge is 0.405 e. The Hall–Kier alpha value is -1.80. The van der Waals surface area contributed by atoms with Crippen molar-refractivity contribution in [2.24, 2.45) is 7.05 Å². The van der Waals surface area contributed by atoms with Crippen LogP contribution in [0.15, 0.2) is 0 Å². The van der Waals surface area contributed by atoms with Crippen molar-refractivity contribution in [1.29, 1.82) is 0 Å². The van der Waals surface area contributed by atoms with Crippen molar-refractivity contribution in [3.05, 3.63) is 11.6 Å². The van der Waals surface area contributed by atoms with Gasteiger partial charge in [-0.3, -0.25) is 0 Å². The van der Waals surface area contributed by atoms with Crippen molar-refractivity contribution in [1.82, 2.24) is 25.4 Å². The number of aromatic nitrogens is 3. The number of nitrogens with one attached hydrogen (secondary N) is 2. The van der Waals surface area contributed by atoms with E-state index in [9.17, 15) is 18.0 Å². The maximum Gasteiger partial charge on any atom is 0.405 e. The first kappa shape index (κ1) is 14.6. The predicted molar refractivity (Wildman–Crippen MR) is 63.9 cm³/mol. The molecule has 1 heterocycles. The van der Waals surface area contributed by atoms with E-state index in [0.717, 1.165) is 18.7 Å². The van der Waals surface area contributed by atoms with Crippen LogP contribution in [-0.4, -0.2) is 33.5 Å². The molecule has 0 atom stereocenters. The Kier molecular flexibility index (Phi) is 4.15. The molecule has 9 heteroatoms. The first-order valence-corrected chi connectivity index (χ1v) is 6.33. The van der Waals surface area contributed by atoms with Crippen molar-refractivity contribution in [3.63, 3.8) is 0 Å². The Labute approximate surface area is 113 Å². The van der Waals surface area contributed by atoms with E-state index >= 15 is 0 Å². The van der Waals surface area contributed by atoms with Crippen molar-refractivity contribution in [2.75, 3.05) is 6.54 Å². The molecular weight excluding hydrogens is 275 g/mol. The number of urea groups is 1. The topological polar surface area (TPSA) is 71.8 Å². The van der Waals surface area contributed by atoms with E-state index in [1.165, 1.54) is 6.42 Å². The normalized spacial score (nSPS) is 15.8. The maximum absolute atomic E-state index is 11.9. The van der Waals surface area contributed by atoms with Gasteiger partial charge in [-0.2, -0.15) is 13.2 Å². The molecule has 112 valence electrons. The number of hydrogen-bond donors (Lipinski definition) is 2. The van der Waals surface area contributed by atoms with Gasteiger partial charge in [0.15, 0.2) is 5.82 Å². The summed E-state index contributed by atoms with van der Waals surface area (Å²) in [4.78, 5) is 11.2. The van der Waals surface area contributed by atoms with Gasteiger partial charge in [-0.05, 0) is 12.8 Å². The fourth-order valence-electron chi connectivity index (χ4n) is 1.95. The highest BCUT2D eigenvalue weighted by molar-refractivity contribution is 5.73. The van der Waals surface area contributed by atoms with Crippen LogP contribution in [0.1, 0.15) is 36.8 Å². The smallest absolute Gasteiger partial charge is 0.331 e. The van der Waals surface area contributed by atoms with Gasteiger partial charge >= 0.3 is 12.2 Å². The van der Waals surface area contributed by atoms with Gasteiger partial charge in [0.05, 0.1) is 6.54 Å². The highest BCUT2D eigenvalue weighted by Crippen LogP contribution is 2.34. The van der Waals surface area contributed by atoms with Crippen LogP contribution in [0.4, 0.5) is 18.0 Å². The summed E-state index contributed by atoms with van der Waals surface area (Å²) in [6, 6.07) is -0.879. The molecule has 2 N–H and O–H groups in total. The van der Waals surface area contributed by atoms with Gasteiger partial charge < -0.3 is 15.2 Å². The molecular formula is C11H16F3N5O. The second kappa shape index (κ2) is 5.68. The van der Waals surface area contributed by atoms with Gasteiger partial charge in [-0.25, -0.2) is 4.79 Å². The molecule has 0 unspecified atom stereocenters. The van der Waals surface area contributed by atoms with E-state index in [-0.39, 0.29) is 6.54 Å².